The van der Waals surface area contributed by atoms with Crippen LogP contribution in [0.2, 0.25) is 0 Å². The first-order chi connectivity index (χ1) is 22.7. The molecular formula is C35H32F2N6O4. The number of piperidine rings is 1. The second-order valence-corrected chi connectivity index (χ2v) is 12.1. The number of nitrogens with zero attached hydrogens (tertiary/aromatic N) is 6. The van der Waals surface area contributed by atoms with E-state index in [0.29, 0.717) is 32.4 Å². The predicted molar refractivity (Wildman–Crippen MR) is 167 cm³/mol. The molecule has 6 rings (SSSR count). The summed E-state index contributed by atoms with van der Waals surface area (Å²) >= 11 is 0. The fraction of sp³-hybridized carbons (Fsp3) is 0.343. The number of aromatic nitrogens is 3. The van der Waals surface area contributed by atoms with Gasteiger partial charge in [0.15, 0.2) is 5.82 Å². The lowest BCUT2D eigenvalue weighted by molar-refractivity contribution is -0.131. The summed E-state index contributed by atoms with van der Waals surface area (Å²) in [6.45, 7) is 2.48. The second kappa shape index (κ2) is 13.6. The molecule has 4 aromatic rings. The van der Waals surface area contributed by atoms with Gasteiger partial charge in [-0.3, -0.25) is 4.90 Å². The van der Waals surface area contributed by atoms with Crippen LogP contribution >= 0.6 is 0 Å². The standard InChI is InChI=1S/C35H32F2N6O4/c36-27-5-7-32(41-34(27)46-21-25-4-1-24(19-39)17-28(25)37)47-26-9-15-42(16-10-26)20-31-40-29-6-2-23(3-8-33(44)45)18-30(29)43(31)22-35(11-12-35)13-14-38/h1-8,17-18,26H,9-13,15-16,20-22H2,(H,44,45)/b8-3+. The third-order valence-corrected chi connectivity index (χ3v) is 8.70. The summed E-state index contributed by atoms with van der Waals surface area (Å²) in [5.41, 5.74) is 2.79. The molecule has 47 heavy (non-hydrogen) atoms. The Morgan fingerprint density at radius 2 is 1.87 bits per heavy atom. The number of pyridine rings is 1. The summed E-state index contributed by atoms with van der Waals surface area (Å²) in [6, 6.07) is 16.5. The average Bonchev–Trinajstić information content (AvgIpc) is 3.75. The first-order valence-corrected chi connectivity index (χ1v) is 15.4. The number of carbonyl (C=O) groups is 1. The maximum absolute atomic E-state index is 14.4. The molecule has 0 spiro atoms. The van der Waals surface area contributed by atoms with Crippen molar-refractivity contribution in [2.45, 2.75) is 57.9 Å². The van der Waals surface area contributed by atoms with Crippen molar-refractivity contribution >= 4 is 23.1 Å². The van der Waals surface area contributed by atoms with Gasteiger partial charge in [0.25, 0.3) is 5.88 Å². The van der Waals surface area contributed by atoms with Crippen LogP contribution in [-0.4, -0.2) is 49.7 Å². The Morgan fingerprint density at radius 3 is 2.57 bits per heavy atom. The van der Waals surface area contributed by atoms with Gasteiger partial charge in [0, 0.05) is 49.2 Å². The number of halogens is 2. The first-order valence-electron chi connectivity index (χ1n) is 15.4. The lowest BCUT2D eigenvalue weighted by Crippen LogP contribution is -2.38. The first kappa shape index (κ1) is 31.6. The Balaban J connectivity index is 1.10. The van der Waals surface area contributed by atoms with E-state index >= 15 is 0 Å². The van der Waals surface area contributed by atoms with Gasteiger partial charge in [-0.1, -0.05) is 12.1 Å². The van der Waals surface area contributed by atoms with Crippen LogP contribution in [0.5, 0.6) is 11.8 Å². The van der Waals surface area contributed by atoms with E-state index in [1.165, 1.54) is 24.3 Å². The molecule has 1 aliphatic carbocycles. The van der Waals surface area contributed by atoms with Crippen LogP contribution in [0.3, 0.4) is 0 Å². The third-order valence-electron chi connectivity index (χ3n) is 8.70. The van der Waals surface area contributed by atoms with Crippen molar-refractivity contribution in [2.75, 3.05) is 13.1 Å². The van der Waals surface area contributed by atoms with Gasteiger partial charge in [0.1, 0.15) is 24.4 Å². The van der Waals surface area contributed by atoms with E-state index in [1.54, 1.807) is 6.08 Å². The van der Waals surface area contributed by atoms with Crippen molar-refractivity contribution in [2.24, 2.45) is 5.41 Å². The molecule has 2 aromatic carbocycles. The monoisotopic (exact) mass is 638 g/mol. The Bertz CT molecular complexity index is 1920. The van der Waals surface area contributed by atoms with E-state index in [2.05, 4.69) is 20.5 Å². The summed E-state index contributed by atoms with van der Waals surface area (Å²) in [6.07, 6.45) is 6.37. The molecule has 0 atom stereocenters. The van der Waals surface area contributed by atoms with Crippen LogP contribution in [-0.2, 0) is 24.5 Å². The molecule has 3 heterocycles. The highest BCUT2D eigenvalue weighted by Gasteiger charge is 2.43. The lowest BCUT2D eigenvalue weighted by atomic mass is 10.0. The zero-order chi connectivity index (χ0) is 33.0. The Kier molecular flexibility index (Phi) is 9.14. The molecule has 0 unspecified atom stereocenters. The summed E-state index contributed by atoms with van der Waals surface area (Å²) in [5, 5.41) is 27.4. The van der Waals surface area contributed by atoms with Gasteiger partial charge in [-0.05, 0) is 67.7 Å². The van der Waals surface area contributed by atoms with Crippen molar-refractivity contribution in [1.82, 2.24) is 19.4 Å². The lowest BCUT2D eigenvalue weighted by Gasteiger charge is -2.32. The molecule has 0 bridgehead atoms. The number of imidazole rings is 1. The number of nitriles is 2. The number of hydrogen-bond acceptors (Lipinski definition) is 8. The summed E-state index contributed by atoms with van der Waals surface area (Å²) in [7, 11) is 0. The van der Waals surface area contributed by atoms with Crippen LogP contribution in [0.4, 0.5) is 8.78 Å². The number of hydrogen-bond donors (Lipinski definition) is 1. The topological polar surface area (TPSA) is 137 Å². The second-order valence-electron chi connectivity index (χ2n) is 12.1. The smallest absolute Gasteiger partial charge is 0.328 e. The van der Waals surface area contributed by atoms with E-state index < -0.39 is 17.6 Å². The number of ether oxygens (including phenoxy) is 2. The summed E-state index contributed by atoms with van der Waals surface area (Å²) in [4.78, 5) is 22.5. The largest absolute Gasteiger partial charge is 0.478 e. The van der Waals surface area contributed by atoms with Crippen LogP contribution in [0.15, 0.2) is 54.6 Å². The molecule has 10 nitrogen and oxygen atoms in total. The molecule has 1 aliphatic heterocycles. The van der Waals surface area contributed by atoms with Gasteiger partial charge >= 0.3 is 5.97 Å². The van der Waals surface area contributed by atoms with Gasteiger partial charge in [-0.15, -0.1) is 0 Å². The number of aliphatic carboxylic acids is 1. The minimum Gasteiger partial charge on any atom is -0.478 e. The highest BCUT2D eigenvalue weighted by Crippen LogP contribution is 2.50. The maximum Gasteiger partial charge on any atom is 0.328 e. The molecular weight excluding hydrogens is 606 g/mol. The maximum atomic E-state index is 14.4. The molecule has 2 aliphatic rings. The highest BCUT2D eigenvalue weighted by molar-refractivity contribution is 5.87. The highest BCUT2D eigenvalue weighted by atomic mass is 19.1. The predicted octanol–water partition coefficient (Wildman–Crippen LogP) is 6.00. The van der Waals surface area contributed by atoms with Crippen LogP contribution in [0.25, 0.3) is 17.1 Å². The number of carboxylic acid groups (broad SMARTS) is 1. The van der Waals surface area contributed by atoms with E-state index in [-0.39, 0.29) is 41.0 Å². The quantitative estimate of drug-likeness (QED) is 0.185. The SMILES string of the molecule is N#CCC1(Cn2c(CN3CCC(Oc4ccc(F)c(OCc5ccc(C#N)cc5F)n4)CC3)nc3ccc(/C=C/C(=O)O)cc32)CC1. The van der Waals surface area contributed by atoms with E-state index in [9.17, 15) is 18.8 Å². The minimum atomic E-state index is -1.02. The number of fused-ring (bicyclic) bond motifs is 1. The molecule has 1 saturated heterocycles. The number of rotatable bonds is 12. The average molecular weight is 639 g/mol. The van der Waals surface area contributed by atoms with E-state index in [1.807, 2.05) is 24.3 Å². The van der Waals surface area contributed by atoms with Gasteiger partial charge < -0.3 is 19.1 Å². The normalized spacial score (nSPS) is 16.2. The zero-order valence-electron chi connectivity index (χ0n) is 25.5. The summed E-state index contributed by atoms with van der Waals surface area (Å²) in [5.74, 6) is -1.53. The van der Waals surface area contributed by atoms with Gasteiger partial charge in [0.05, 0.1) is 35.3 Å². The van der Waals surface area contributed by atoms with Crippen molar-refractivity contribution in [1.29, 1.82) is 10.5 Å². The van der Waals surface area contributed by atoms with E-state index in [4.69, 9.17) is 24.8 Å². The molecule has 12 heteroatoms. The molecule has 240 valence electrons. The van der Waals surface area contributed by atoms with Gasteiger partial charge in [-0.25, -0.2) is 18.6 Å². The van der Waals surface area contributed by atoms with Crippen LogP contribution in [0, 0.1) is 39.7 Å². The minimum absolute atomic E-state index is 0.0637. The Hall–Kier alpha value is -5.33. The fourth-order valence-electron chi connectivity index (χ4n) is 5.84. The van der Waals surface area contributed by atoms with Crippen molar-refractivity contribution in [3.05, 3.63) is 88.8 Å². The Labute approximate surface area is 270 Å². The molecule has 0 amide bonds. The van der Waals surface area contributed by atoms with Crippen LogP contribution in [0.1, 0.15) is 54.6 Å². The molecule has 1 N–H and O–H groups in total. The number of carboxylic acids is 1. The van der Waals surface area contributed by atoms with Crippen molar-refractivity contribution in [3.63, 3.8) is 0 Å². The zero-order valence-corrected chi connectivity index (χ0v) is 25.5. The van der Waals surface area contributed by atoms with Crippen molar-refractivity contribution < 1.29 is 28.2 Å². The molecule has 1 saturated carbocycles. The molecule has 2 fully saturated rings. The van der Waals surface area contributed by atoms with E-state index in [0.717, 1.165) is 60.5 Å². The molecule has 0 radical (unpaired) electrons. The molecule has 2 aromatic heterocycles. The van der Waals surface area contributed by atoms with Gasteiger partial charge in [-0.2, -0.15) is 15.5 Å². The fourth-order valence-corrected chi connectivity index (χ4v) is 5.84. The number of benzene rings is 2. The third kappa shape index (κ3) is 7.56. The summed E-state index contributed by atoms with van der Waals surface area (Å²) < 4.78 is 42.4. The Morgan fingerprint density at radius 1 is 1.06 bits per heavy atom. The van der Waals surface area contributed by atoms with Crippen LogP contribution < -0.4 is 9.47 Å². The number of likely N-dealkylation sites (tertiary alicyclic amines) is 1. The van der Waals surface area contributed by atoms with Crippen molar-refractivity contribution in [3.8, 4) is 23.9 Å². The van der Waals surface area contributed by atoms with Gasteiger partial charge in [0.2, 0.25) is 5.88 Å².